The standard InChI is InChI=1S/C29H29ClN4O2/c1-20-10-12-22(13-11-20)27(21-6-3-2-4-7-21)32-29(35)23-14-16-34(17-15-23)19-26-31-28(33-36-26)24-8-5-9-25(30)18-24/h2-13,18,23,27H,14-17,19H2,1H3,(H,32,35). The molecule has 1 saturated heterocycles. The monoisotopic (exact) mass is 500 g/mol. The second-order valence-electron chi connectivity index (χ2n) is 9.34. The number of aromatic nitrogens is 2. The maximum atomic E-state index is 13.3. The van der Waals surface area contributed by atoms with Gasteiger partial charge in [0.15, 0.2) is 0 Å². The maximum Gasteiger partial charge on any atom is 0.241 e. The smallest absolute Gasteiger partial charge is 0.241 e. The van der Waals surface area contributed by atoms with Crippen molar-refractivity contribution in [1.29, 1.82) is 0 Å². The Morgan fingerprint density at radius 1 is 1.03 bits per heavy atom. The lowest BCUT2D eigenvalue weighted by Crippen LogP contribution is -2.41. The number of benzene rings is 3. The van der Waals surface area contributed by atoms with Crippen molar-refractivity contribution in [1.82, 2.24) is 20.4 Å². The van der Waals surface area contributed by atoms with Crippen LogP contribution in [0, 0.1) is 12.8 Å². The van der Waals surface area contributed by atoms with Gasteiger partial charge in [0.1, 0.15) is 0 Å². The summed E-state index contributed by atoms with van der Waals surface area (Å²) in [6.07, 6.45) is 1.58. The maximum absolute atomic E-state index is 13.3. The van der Waals surface area contributed by atoms with Crippen LogP contribution < -0.4 is 5.32 Å². The van der Waals surface area contributed by atoms with Gasteiger partial charge in [0.25, 0.3) is 0 Å². The van der Waals surface area contributed by atoms with E-state index in [0.29, 0.717) is 23.3 Å². The molecule has 1 atom stereocenters. The first-order valence-corrected chi connectivity index (χ1v) is 12.7. The average Bonchev–Trinajstić information content (AvgIpc) is 3.37. The second-order valence-corrected chi connectivity index (χ2v) is 9.77. The number of likely N-dealkylation sites (tertiary alicyclic amines) is 1. The molecule has 0 aliphatic carbocycles. The van der Waals surface area contributed by atoms with Crippen molar-refractivity contribution in [3.8, 4) is 11.4 Å². The molecule has 0 spiro atoms. The summed E-state index contributed by atoms with van der Waals surface area (Å²) in [6, 6.07) is 25.8. The van der Waals surface area contributed by atoms with Crippen LogP contribution >= 0.6 is 11.6 Å². The molecule has 3 aromatic carbocycles. The van der Waals surface area contributed by atoms with Crippen LogP contribution in [-0.4, -0.2) is 34.0 Å². The van der Waals surface area contributed by atoms with Crippen molar-refractivity contribution in [3.05, 3.63) is 106 Å². The van der Waals surface area contributed by atoms with E-state index in [1.807, 2.05) is 42.5 Å². The van der Waals surface area contributed by atoms with Gasteiger partial charge in [-0.1, -0.05) is 89.1 Å². The molecular formula is C29H29ClN4O2. The summed E-state index contributed by atoms with van der Waals surface area (Å²) >= 11 is 6.08. The lowest BCUT2D eigenvalue weighted by Gasteiger charge is -2.31. The van der Waals surface area contributed by atoms with Crippen LogP contribution in [0.25, 0.3) is 11.4 Å². The van der Waals surface area contributed by atoms with Crippen molar-refractivity contribution >= 4 is 17.5 Å². The first-order valence-electron chi connectivity index (χ1n) is 12.3. The van der Waals surface area contributed by atoms with Gasteiger partial charge in [0.2, 0.25) is 17.6 Å². The number of hydrogen-bond donors (Lipinski definition) is 1. The van der Waals surface area contributed by atoms with Crippen LogP contribution in [0.4, 0.5) is 0 Å². The van der Waals surface area contributed by atoms with Crippen LogP contribution in [0.2, 0.25) is 5.02 Å². The van der Waals surface area contributed by atoms with E-state index in [9.17, 15) is 4.79 Å². The molecule has 4 aromatic rings. The second kappa shape index (κ2) is 11.1. The minimum absolute atomic E-state index is 0.0254. The zero-order chi connectivity index (χ0) is 24.9. The zero-order valence-electron chi connectivity index (χ0n) is 20.2. The summed E-state index contributed by atoms with van der Waals surface area (Å²) in [5, 5.41) is 8.05. The summed E-state index contributed by atoms with van der Waals surface area (Å²) in [5.41, 5.74) is 4.20. The number of hydrogen-bond acceptors (Lipinski definition) is 5. The quantitative estimate of drug-likeness (QED) is 0.346. The van der Waals surface area contributed by atoms with E-state index in [1.54, 1.807) is 0 Å². The minimum Gasteiger partial charge on any atom is -0.345 e. The summed E-state index contributed by atoms with van der Waals surface area (Å²) < 4.78 is 5.47. The summed E-state index contributed by atoms with van der Waals surface area (Å²) in [7, 11) is 0. The van der Waals surface area contributed by atoms with E-state index in [0.717, 1.165) is 42.6 Å². The first kappa shape index (κ1) is 24.2. The Hall–Kier alpha value is -3.48. The number of rotatable bonds is 7. The number of nitrogens with one attached hydrogen (secondary N) is 1. The number of carbonyl (C=O) groups is 1. The highest BCUT2D eigenvalue weighted by Gasteiger charge is 2.28. The average molecular weight is 501 g/mol. The van der Waals surface area contributed by atoms with Gasteiger partial charge in [-0.05, 0) is 56.1 Å². The summed E-state index contributed by atoms with van der Waals surface area (Å²) in [5.74, 6) is 1.17. The zero-order valence-corrected chi connectivity index (χ0v) is 21.0. The van der Waals surface area contributed by atoms with Crippen molar-refractivity contribution < 1.29 is 9.32 Å². The summed E-state index contributed by atoms with van der Waals surface area (Å²) in [6.45, 7) is 4.24. The highest BCUT2D eigenvalue weighted by atomic mass is 35.5. The van der Waals surface area contributed by atoms with Gasteiger partial charge in [-0.3, -0.25) is 9.69 Å². The Labute approximate surface area is 216 Å². The van der Waals surface area contributed by atoms with Gasteiger partial charge in [0, 0.05) is 16.5 Å². The third kappa shape index (κ3) is 5.83. The number of carbonyl (C=O) groups excluding carboxylic acids is 1. The molecular weight excluding hydrogens is 472 g/mol. The highest BCUT2D eigenvalue weighted by Crippen LogP contribution is 2.26. The topological polar surface area (TPSA) is 71.3 Å². The van der Waals surface area contributed by atoms with Gasteiger partial charge in [-0.25, -0.2) is 0 Å². The van der Waals surface area contributed by atoms with E-state index < -0.39 is 0 Å². The fourth-order valence-corrected chi connectivity index (χ4v) is 4.82. The van der Waals surface area contributed by atoms with E-state index in [2.05, 4.69) is 63.7 Å². The molecule has 5 rings (SSSR count). The third-order valence-corrected chi connectivity index (χ3v) is 6.93. The van der Waals surface area contributed by atoms with Crippen molar-refractivity contribution in [3.63, 3.8) is 0 Å². The molecule has 1 aliphatic rings. The SMILES string of the molecule is Cc1ccc(C(NC(=O)C2CCN(Cc3nc(-c4cccc(Cl)c4)no3)CC2)c2ccccc2)cc1. The molecule has 1 N–H and O–H groups in total. The number of halogens is 1. The van der Waals surface area contributed by atoms with E-state index in [4.69, 9.17) is 16.1 Å². The Morgan fingerprint density at radius 2 is 1.75 bits per heavy atom. The lowest BCUT2D eigenvalue weighted by molar-refractivity contribution is -0.127. The molecule has 36 heavy (non-hydrogen) atoms. The minimum atomic E-state index is -0.166. The fourth-order valence-electron chi connectivity index (χ4n) is 4.63. The van der Waals surface area contributed by atoms with E-state index in [-0.39, 0.29) is 17.9 Å². The van der Waals surface area contributed by atoms with Crippen LogP contribution in [0.5, 0.6) is 0 Å². The first-order chi connectivity index (χ1) is 17.5. The number of aryl methyl sites for hydroxylation is 1. The Kier molecular flexibility index (Phi) is 7.44. The van der Waals surface area contributed by atoms with Gasteiger partial charge < -0.3 is 9.84 Å². The molecule has 1 amide bonds. The number of nitrogens with zero attached hydrogens (tertiary/aromatic N) is 3. The Bertz CT molecular complexity index is 1300. The molecule has 1 unspecified atom stereocenters. The molecule has 0 saturated carbocycles. The van der Waals surface area contributed by atoms with E-state index >= 15 is 0 Å². The van der Waals surface area contributed by atoms with Gasteiger partial charge in [0.05, 0.1) is 12.6 Å². The molecule has 6 nitrogen and oxygen atoms in total. The van der Waals surface area contributed by atoms with Crippen molar-refractivity contribution in [2.24, 2.45) is 5.92 Å². The highest BCUT2D eigenvalue weighted by molar-refractivity contribution is 6.30. The van der Waals surface area contributed by atoms with Gasteiger partial charge in [-0.15, -0.1) is 0 Å². The van der Waals surface area contributed by atoms with Gasteiger partial charge >= 0.3 is 0 Å². The molecule has 1 aromatic heterocycles. The van der Waals surface area contributed by atoms with Crippen LogP contribution in [0.15, 0.2) is 83.4 Å². The van der Waals surface area contributed by atoms with Gasteiger partial charge in [-0.2, -0.15) is 4.98 Å². The third-order valence-electron chi connectivity index (χ3n) is 6.70. The molecule has 7 heteroatoms. The summed E-state index contributed by atoms with van der Waals surface area (Å²) in [4.78, 5) is 20.1. The van der Waals surface area contributed by atoms with Crippen LogP contribution in [0.1, 0.15) is 41.5 Å². The molecule has 1 aliphatic heterocycles. The van der Waals surface area contributed by atoms with Crippen molar-refractivity contribution in [2.75, 3.05) is 13.1 Å². The predicted molar refractivity (Wildman–Crippen MR) is 140 cm³/mol. The number of piperidine rings is 1. The van der Waals surface area contributed by atoms with Crippen LogP contribution in [-0.2, 0) is 11.3 Å². The van der Waals surface area contributed by atoms with E-state index in [1.165, 1.54) is 5.56 Å². The lowest BCUT2D eigenvalue weighted by atomic mass is 9.93. The Morgan fingerprint density at radius 3 is 2.47 bits per heavy atom. The van der Waals surface area contributed by atoms with Crippen LogP contribution in [0.3, 0.4) is 0 Å². The largest absolute Gasteiger partial charge is 0.345 e. The normalized spacial score (nSPS) is 15.5. The fraction of sp³-hybridized carbons (Fsp3) is 0.276. The van der Waals surface area contributed by atoms with Crippen molar-refractivity contribution in [2.45, 2.75) is 32.4 Å². The Balaban J connectivity index is 1.19. The molecule has 2 heterocycles. The molecule has 1 fully saturated rings. The molecule has 0 radical (unpaired) electrons. The number of amides is 1. The predicted octanol–water partition coefficient (Wildman–Crippen LogP) is 5.82. The molecule has 0 bridgehead atoms. The molecule has 184 valence electrons.